The quantitative estimate of drug-likeness (QED) is 0.409. The zero-order valence-corrected chi connectivity index (χ0v) is 21.5. The maximum atomic E-state index is 13.4. The van der Waals surface area contributed by atoms with E-state index in [1.54, 1.807) is 40.0 Å². The molecule has 0 saturated carbocycles. The van der Waals surface area contributed by atoms with Crippen LogP contribution in [0.2, 0.25) is 0 Å². The summed E-state index contributed by atoms with van der Waals surface area (Å²) in [7, 11) is -3.66. The van der Waals surface area contributed by atoms with Crippen molar-refractivity contribution in [2.75, 3.05) is 24.5 Å². The van der Waals surface area contributed by atoms with Crippen molar-refractivity contribution in [1.82, 2.24) is 9.29 Å². The highest BCUT2D eigenvalue weighted by atomic mass is 32.2. The molecule has 4 rings (SSSR count). The zero-order chi connectivity index (χ0) is 24.3. The number of carbonyl (C=O) groups is 1. The van der Waals surface area contributed by atoms with E-state index in [2.05, 4.69) is 18.8 Å². The van der Waals surface area contributed by atoms with Crippen molar-refractivity contribution in [2.45, 2.75) is 38.6 Å². The second-order valence-corrected chi connectivity index (χ2v) is 12.3. The van der Waals surface area contributed by atoms with Crippen LogP contribution in [0, 0.1) is 18.8 Å². The Hall–Kier alpha value is -2.55. The number of aryl methyl sites for hydroxylation is 1. The van der Waals surface area contributed by atoms with Crippen molar-refractivity contribution >= 4 is 33.0 Å². The number of piperidine rings is 1. The first-order chi connectivity index (χ1) is 16.2. The maximum absolute atomic E-state index is 13.4. The van der Waals surface area contributed by atoms with Crippen LogP contribution in [0.25, 0.3) is 0 Å². The van der Waals surface area contributed by atoms with Gasteiger partial charge in [0.2, 0.25) is 10.0 Å². The summed E-state index contributed by atoms with van der Waals surface area (Å²) in [5.74, 6) is 1.25. The molecule has 0 aliphatic carbocycles. The second-order valence-electron chi connectivity index (χ2n) is 9.30. The standard InChI is InChI=1S/C26H31N3O3S2/c1-19-13-20(2)16-29(15-19)34(31,32)24-10-4-8-22(14-24)25(30)18-28(17-23-9-6-12-33-23)26-21(3)7-5-11-27-26/h4-12,14,19-20H,13,15-18H2,1-3H3. The lowest BCUT2D eigenvalue weighted by Gasteiger charge is -2.34. The summed E-state index contributed by atoms with van der Waals surface area (Å²) in [6.45, 7) is 7.83. The summed E-state index contributed by atoms with van der Waals surface area (Å²) in [6, 6.07) is 14.3. The van der Waals surface area contributed by atoms with Crippen LogP contribution in [0.15, 0.2) is 65.0 Å². The molecule has 1 aliphatic heterocycles. The summed E-state index contributed by atoms with van der Waals surface area (Å²) < 4.78 is 28.3. The monoisotopic (exact) mass is 497 g/mol. The molecular weight excluding hydrogens is 466 g/mol. The molecule has 3 heterocycles. The van der Waals surface area contributed by atoms with Crippen molar-refractivity contribution in [3.8, 4) is 0 Å². The number of rotatable bonds is 8. The highest BCUT2D eigenvalue weighted by molar-refractivity contribution is 7.89. The first kappa shape index (κ1) is 24.6. The Kier molecular flexibility index (Phi) is 7.50. The molecule has 1 fully saturated rings. The van der Waals surface area contributed by atoms with E-state index in [0.717, 1.165) is 22.7 Å². The summed E-state index contributed by atoms with van der Waals surface area (Å²) in [5.41, 5.74) is 1.38. The van der Waals surface area contributed by atoms with Gasteiger partial charge in [0.25, 0.3) is 0 Å². The highest BCUT2D eigenvalue weighted by Crippen LogP contribution is 2.27. The minimum Gasteiger partial charge on any atom is -0.344 e. The van der Waals surface area contributed by atoms with Crippen molar-refractivity contribution < 1.29 is 13.2 Å². The van der Waals surface area contributed by atoms with E-state index in [-0.39, 0.29) is 17.2 Å². The van der Waals surface area contributed by atoms with Gasteiger partial charge >= 0.3 is 0 Å². The molecule has 0 amide bonds. The summed E-state index contributed by atoms with van der Waals surface area (Å²) >= 11 is 1.63. The van der Waals surface area contributed by atoms with E-state index in [1.807, 2.05) is 41.5 Å². The lowest BCUT2D eigenvalue weighted by molar-refractivity contribution is 0.0998. The number of sulfonamides is 1. The number of aromatic nitrogens is 1. The number of thiophene rings is 1. The molecule has 2 unspecified atom stereocenters. The minimum atomic E-state index is -3.66. The number of nitrogens with zero attached hydrogens (tertiary/aromatic N) is 3. The molecule has 1 aliphatic rings. The number of ketones is 1. The fourth-order valence-electron chi connectivity index (χ4n) is 4.65. The molecule has 0 bridgehead atoms. The molecule has 34 heavy (non-hydrogen) atoms. The van der Waals surface area contributed by atoms with Crippen molar-refractivity contribution in [2.24, 2.45) is 11.8 Å². The third-order valence-electron chi connectivity index (χ3n) is 6.17. The number of pyridine rings is 1. The van der Waals surface area contributed by atoms with Gasteiger partial charge in [-0.15, -0.1) is 11.3 Å². The molecule has 2 atom stereocenters. The van der Waals surface area contributed by atoms with E-state index < -0.39 is 10.0 Å². The largest absolute Gasteiger partial charge is 0.344 e. The molecule has 0 N–H and O–H groups in total. The van der Waals surface area contributed by atoms with Crippen molar-refractivity contribution in [3.63, 3.8) is 0 Å². The normalized spacial score (nSPS) is 19.1. The number of Topliss-reactive ketones (excluding diaryl/α,β-unsaturated/α-hetero) is 1. The molecule has 3 aromatic rings. The van der Waals surface area contributed by atoms with Crippen molar-refractivity contribution in [1.29, 1.82) is 0 Å². The van der Waals surface area contributed by atoms with E-state index in [1.165, 1.54) is 6.07 Å². The van der Waals surface area contributed by atoms with Gasteiger partial charge < -0.3 is 4.90 Å². The summed E-state index contributed by atoms with van der Waals surface area (Å²) in [4.78, 5) is 21.1. The molecule has 8 heteroatoms. The van der Waals surface area contributed by atoms with Crippen LogP contribution in [-0.4, -0.2) is 43.1 Å². The molecule has 2 aromatic heterocycles. The molecule has 6 nitrogen and oxygen atoms in total. The first-order valence-corrected chi connectivity index (χ1v) is 13.9. The van der Waals surface area contributed by atoms with Gasteiger partial charge in [-0.3, -0.25) is 4.79 Å². The molecule has 180 valence electrons. The van der Waals surface area contributed by atoms with Crippen LogP contribution in [-0.2, 0) is 16.6 Å². The summed E-state index contributed by atoms with van der Waals surface area (Å²) in [5, 5.41) is 2.01. The number of carbonyl (C=O) groups excluding carboxylic acids is 1. The third-order valence-corrected chi connectivity index (χ3v) is 8.86. The van der Waals surface area contributed by atoms with Gasteiger partial charge in [0, 0.05) is 29.7 Å². The van der Waals surface area contributed by atoms with Gasteiger partial charge in [-0.05, 0) is 60.4 Å². The van der Waals surface area contributed by atoms with E-state index in [9.17, 15) is 13.2 Å². The van der Waals surface area contributed by atoms with Gasteiger partial charge in [-0.2, -0.15) is 4.31 Å². The van der Waals surface area contributed by atoms with Crippen LogP contribution in [0.4, 0.5) is 5.82 Å². The lowest BCUT2D eigenvalue weighted by atomic mass is 9.94. The fourth-order valence-corrected chi connectivity index (χ4v) is 7.10. The van der Waals surface area contributed by atoms with Crippen LogP contribution in [0.5, 0.6) is 0 Å². The maximum Gasteiger partial charge on any atom is 0.243 e. The molecule has 0 radical (unpaired) electrons. The van der Waals surface area contributed by atoms with E-state index >= 15 is 0 Å². The molecule has 0 spiro atoms. The van der Waals surface area contributed by atoms with Gasteiger partial charge in [0.15, 0.2) is 5.78 Å². The Morgan fingerprint density at radius 1 is 1.12 bits per heavy atom. The molecule has 1 saturated heterocycles. The first-order valence-electron chi connectivity index (χ1n) is 11.6. The molecule has 1 aromatic carbocycles. The predicted octanol–water partition coefficient (Wildman–Crippen LogP) is 5.01. The Balaban J connectivity index is 1.58. The Morgan fingerprint density at radius 2 is 1.88 bits per heavy atom. The highest BCUT2D eigenvalue weighted by Gasteiger charge is 2.32. The van der Waals surface area contributed by atoms with E-state index in [4.69, 9.17) is 0 Å². The second kappa shape index (κ2) is 10.4. The number of hydrogen-bond donors (Lipinski definition) is 0. The summed E-state index contributed by atoms with van der Waals surface area (Å²) in [6.07, 6.45) is 2.75. The number of hydrogen-bond acceptors (Lipinski definition) is 6. The Labute approximate surface area is 206 Å². The van der Waals surface area contributed by atoms with Crippen LogP contribution in [0.1, 0.15) is 41.1 Å². The number of anilines is 1. The number of benzene rings is 1. The van der Waals surface area contributed by atoms with E-state index in [0.29, 0.717) is 37.0 Å². The van der Waals surface area contributed by atoms with Crippen molar-refractivity contribution in [3.05, 3.63) is 76.1 Å². The van der Waals surface area contributed by atoms with Gasteiger partial charge in [-0.25, -0.2) is 13.4 Å². The Bertz CT molecular complexity index is 1230. The van der Waals surface area contributed by atoms with Crippen LogP contribution in [0.3, 0.4) is 0 Å². The minimum absolute atomic E-state index is 0.108. The zero-order valence-electron chi connectivity index (χ0n) is 19.8. The van der Waals surface area contributed by atoms with Gasteiger partial charge in [0.1, 0.15) is 5.82 Å². The average Bonchev–Trinajstić information content (AvgIpc) is 3.31. The third kappa shape index (κ3) is 5.56. The van der Waals surface area contributed by atoms with Crippen LogP contribution >= 0.6 is 11.3 Å². The average molecular weight is 498 g/mol. The van der Waals surface area contributed by atoms with Gasteiger partial charge in [0.05, 0.1) is 18.0 Å². The fraction of sp³-hybridized carbons (Fsp3) is 0.385. The SMILES string of the molecule is Cc1cccnc1N(CC(=O)c1cccc(S(=O)(=O)N2CC(C)CC(C)C2)c1)Cc1cccs1. The predicted molar refractivity (Wildman–Crippen MR) is 137 cm³/mol. The lowest BCUT2D eigenvalue weighted by Crippen LogP contribution is -2.42. The molecular formula is C26H31N3O3S2. The van der Waals surface area contributed by atoms with Crippen LogP contribution < -0.4 is 4.90 Å². The smallest absolute Gasteiger partial charge is 0.243 e. The van der Waals surface area contributed by atoms with Gasteiger partial charge in [-0.1, -0.05) is 38.1 Å². The Morgan fingerprint density at radius 3 is 2.56 bits per heavy atom. The topological polar surface area (TPSA) is 70.6 Å².